The number of carbonyl (C=O) groups excluding carboxylic acids is 1. The van der Waals surface area contributed by atoms with Crippen molar-refractivity contribution in [3.8, 4) is 11.5 Å². The van der Waals surface area contributed by atoms with E-state index in [0.29, 0.717) is 31.2 Å². The molecular formula is C17H26N4O3. The molecule has 1 aromatic rings. The number of nitrogens with two attached hydrogens (primary N) is 1. The molecule has 7 nitrogen and oxygen atoms in total. The third-order valence-electron chi connectivity index (χ3n) is 4.19. The van der Waals surface area contributed by atoms with Crippen LogP contribution >= 0.6 is 0 Å². The Morgan fingerprint density at radius 2 is 1.96 bits per heavy atom. The number of ether oxygens (including phenoxy) is 2. The molecule has 1 amide bonds. The third-order valence-corrected chi connectivity index (χ3v) is 4.19. The van der Waals surface area contributed by atoms with Crippen molar-refractivity contribution in [1.82, 2.24) is 10.2 Å². The maximum absolute atomic E-state index is 12.4. The van der Waals surface area contributed by atoms with E-state index in [4.69, 9.17) is 15.2 Å². The summed E-state index contributed by atoms with van der Waals surface area (Å²) in [5, 5.41) is 2.96. The van der Waals surface area contributed by atoms with Gasteiger partial charge in [-0.15, -0.1) is 0 Å². The minimum Gasteiger partial charge on any atom is -0.493 e. The fourth-order valence-electron chi connectivity index (χ4n) is 2.79. The van der Waals surface area contributed by atoms with E-state index in [9.17, 15) is 4.79 Å². The number of carbonyl (C=O) groups is 1. The summed E-state index contributed by atoms with van der Waals surface area (Å²) in [4.78, 5) is 18.1. The number of hydrogen-bond donors (Lipinski definition) is 2. The fraction of sp³-hybridized carbons (Fsp3) is 0.529. The Kier molecular flexibility index (Phi) is 6.28. The molecule has 0 atom stereocenters. The van der Waals surface area contributed by atoms with Crippen LogP contribution in [0.1, 0.15) is 24.0 Å². The predicted octanol–water partition coefficient (Wildman–Crippen LogP) is 0.903. The minimum absolute atomic E-state index is 0.157. The molecule has 0 spiro atoms. The molecule has 0 aliphatic carbocycles. The average Bonchev–Trinajstić information content (AvgIpc) is 2.62. The molecule has 0 fully saturated rings. The second-order valence-electron chi connectivity index (χ2n) is 5.68. The van der Waals surface area contributed by atoms with E-state index >= 15 is 0 Å². The zero-order valence-corrected chi connectivity index (χ0v) is 14.6. The van der Waals surface area contributed by atoms with Crippen LogP contribution in [0.15, 0.2) is 17.1 Å². The van der Waals surface area contributed by atoms with Crippen molar-refractivity contribution in [2.24, 2.45) is 10.7 Å². The Labute approximate surface area is 142 Å². The van der Waals surface area contributed by atoms with Crippen LogP contribution in [0.2, 0.25) is 0 Å². The summed E-state index contributed by atoms with van der Waals surface area (Å²) in [5.41, 5.74) is 7.89. The maximum Gasteiger partial charge on any atom is 0.222 e. The van der Waals surface area contributed by atoms with Crippen LogP contribution in [0.4, 0.5) is 0 Å². The van der Waals surface area contributed by atoms with Crippen molar-refractivity contribution in [3.05, 3.63) is 23.3 Å². The van der Waals surface area contributed by atoms with Gasteiger partial charge in [0.1, 0.15) is 0 Å². The third kappa shape index (κ3) is 4.31. The van der Waals surface area contributed by atoms with Crippen molar-refractivity contribution >= 4 is 11.9 Å². The first-order chi connectivity index (χ1) is 11.6. The van der Waals surface area contributed by atoms with Crippen LogP contribution in [0.25, 0.3) is 0 Å². The molecule has 0 saturated carbocycles. The average molecular weight is 334 g/mol. The van der Waals surface area contributed by atoms with Crippen LogP contribution in [-0.4, -0.2) is 51.1 Å². The summed E-state index contributed by atoms with van der Waals surface area (Å²) in [7, 11) is 4.88. The van der Waals surface area contributed by atoms with Crippen LogP contribution in [0, 0.1) is 0 Å². The smallest absolute Gasteiger partial charge is 0.222 e. The highest BCUT2D eigenvalue weighted by Gasteiger charge is 2.22. The van der Waals surface area contributed by atoms with Gasteiger partial charge in [0.05, 0.1) is 14.2 Å². The zero-order chi connectivity index (χ0) is 17.5. The Bertz CT molecular complexity index is 616. The van der Waals surface area contributed by atoms with Crippen molar-refractivity contribution in [1.29, 1.82) is 0 Å². The summed E-state index contributed by atoms with van der Waals surface area (Å²) < 4.78 is 10.7. The van der Waals surface area contributed by atoms with Gasteiger partial charge in [0, 0.05) is 33.1 Å². The van der Waals surface area contributed by atoms with Crippen molar-refractivity contribution in [3.63, 3.8) is 0 Å². The molecule has 1 aliphatic heterocycles. The monoisotopic (exact) mass is 334 g/mol. The van der Waals surface area contributed by atoms with Crippen LogP contribution in [-0.2, 0) is 17.8 Å². The quantitative estimate of drug-likeness (QED) is 0.458. The van der Waals surface area contributed by atoms with Gasteiger partial charge in [0.15, 0.2) is 17.5 Å². The summed E-state index contributed by atoms with van der Waals surface area (Å²) in [5.74, 6) is 1.99. The number of fused-ring (bicyclic) bond motifs is 1. The second kappa shape index (κ2) is 8.42. The number of nitrogens with one attached hydrogen (secondary N) is 1. The van der Waals surface area contributed by atoms with Gasteiger partial charge in [-0.1, -0.05) is 0 Å². The number of methoxy groups -OCH3 is 2. The number of benzene rings is 1. The first-order valence-electron chi connectivity index (χ1n) is 8.06. The normalized spacial score (nSPS) is 14.1. The van der Waals surface area contributed by atoms with E-state index in [2.05, 4.69) is 10.3 Å². The number of guanidine groups is 1. The molecule has 0 bridgehead atoms. The Balaban J connectivity index is 1.93. The SMILES string of the molecule is CN=C(N)NCCCC(=O)N1CCc2cc(OC)c(OC)cc2C1. The number of amides is 1. The lowest BCUT2D eigenvalue weighted by molar-refractivity contribution is -0.132. The summed E-state index contributed by atoms with van der Waals surface area (Å²) in [6.07, 6.45) is 2.05. The van der Waals surface area contributed by atoms with Gasteiger partial charge >= 0.3 is 0 Å². The van der Waals surface area contributed by atoms with Crippen molar-refractivity contribution < 1.29 is 14.3 Å². The standard InChI is InChI=1S/C17H26N4O3/c1-19-17(18)20-7-4-5-16(22)21-8-6-12-9-14(23-2)15(24-3)10-13(12)11-21/h9-10H,4-8,11H2,1-3H3,(H3,18,19,20). The van der Waals surface area contributed by atoms with E-state index < -0.39 is 0 Å². The summed E-state index contributed by atoms with van der Waals surface area (Å²) in [6.45, 7) is 1.98. The van der Waals surface area contributed by atoms with Gasteiger partial charge in [-0.2, -0.15) is 0 Å². The Morgan fingerprint density at radius 3 is 2.58 bits per heavy atom. The first kappa shape index (κ1) is 17.9. The van der Waals surface area contributed by atoms with Crippen molar-refractivity contribution in [2.45, 2.75) is 25.8 Å². The van der Waals surface area contributed by atoms with E-state index in [1.165, 1.54) is 5.56 Å². The minimum atomic E-state index is 0.157. The lowest BCUT2D eigenvalue weighted by Crippen LogP contribution is -2.37. The molecule has 1 heterocycles. The topological polar surface area (TPSA) is 89.2 Å². The summed E-state index contributed by atoms with van der Waals surface area (Å²) in [6, 6.07) is 3.97. The highest BCUT2D eigenvalue weighted by molar-refractivity contribution is 5.78. The Morgan fingerprint density at radius 1 is 1.29 bits per heavy atom. The van der Waals surface area contributed by atoms with E-state index in [1.54, 1.807) is 21.3 Å². The lowest BCUT2D eigenvalue weighted by Gasteiger charge is -2.29. The van der Waals surface area contributed by atoms with Crippen LogP contribution in [0.3, 0.4) is 0 Å². The lowest BCUT2D eigenvalue weighted by atomic mass is 9.98. The van der Waals surface area contributed by atoms with E-state index in [0.717, 1.165) is 30.7 Å². The van der Waals surface area contributed by atoms with Crippen molar-refractivity contribution in [2.75, 3.05) is 34.4 Å². The molecule has 24 heavy (non-hydrogen) atoms. The molecular weight excluding hydrogens is 308 g/mol. The zero-order valence-electron chi connectivity index (χ0n) is 14.6. The second-order valence-corrected chi connectivity index (χ2v) is 5.68. The largest absolute Gasteiger partial charge is 0.493 e. The molecule has 132 valence electrons. The molecule has 0 unspecified atom stereocenters. The van der Waals surface area contributed by atoms with Crippen LogP contribution in [0.5, 0.6) is 11.5 Å². The van der Waals surface area contributed by atoms with Crippen LogP contribution < -0.4 is 20.5 Å². The maximum atomic E-state index is 12.4. The molecule has 3 N–H and O–H groups in total. The number of aliphatic imine (C=N–C) groups is 1. The molecule has 0 saturated heterocycles. The van der Waals surface area contributed by atoms with Gasteiger partial charge in [-0.05, 0) is 36.1 Å². The molecule has 7 heteroatoms. The highest BCUT2D eigenvalue weighted by Crippen LogP contribution is 2.33. The number of nitrogens with zero attached hydrogens (tertiary/aromatic N) is 2. The highest BCUT2D eigenvalue weighted by atomic mass is 16.5. The summed E-state index contributed by atoms with van der Waals surface area (Å²) >= 11 is 0. The van der Waals surface area contributed by atoms with E-state index in [1.807, 2.05) is 17.0 Å². The van der Waals surface area contributed by atoms with Gasteiger partial charge in [-0.3, -0.25) is 9.79 Å². The molecule has 1 aliphatic rings. The Hall–Kier alpha value is -2.44. The first-order valence-corrected chi connectivity index (χ1v) is 8.06. The fourth-order valence-corrected chi connectivity index (χ4v) is 2.79. The number of rotatable bonds is 6. The molecule has 0 radical (unpaired) electrons. The van der Waals surface area contributed by atoms with E-state index in [-0.39, 0.29) is 5.91 Å². The van der Waals surface area contributed by atoms with Gasteiger partial charge in [0.25, 0.3) is 0 Å². The van der Waals surface area contributed by atoms with Gasteiger partial charge in [-0.25, -0.2) is 0 Å². The molecule has 2 rings (SSSR count). The van der Waals surface area contributed by atoms with Gasteiger partial charge < -0.3 is 25.4 Å². The predicted molar refractivity (Wildman–Crippen MR) is 93.5 cm³/mol. The number of hydrogen-bond acceptors (Lipinski definition) is 4. The molecule has 1 aromatic carbocycles. The van der Waals surface area contributed by atoms with Gasteiger partial charge in [0.2, 0.25) is 5.91 Å². The molecule has 0 aromatic heterocycles.